The van der Waals surface area contributed by atoms with Crippen LogP contribution in [0.4, 0.5) is 5.69 Å². The van der Waals surface area contributed by atoms with Gasteiger partial charge in [-0.1, -0.05) is 54.9 Å². The van der Waals surface area contributed by atoms with Crippen LogP contribution >= 0.6 is 0 Å². The summed E-state index contributed by atoms with van der Waals surface area (Å²) in [4.78, 5) is 25.6. The molecule has 0 aliphatic heterocycles. The number of benzene rings is 1. The summed E-state index contributed by atoms with van der Waals surface area (Å²) in [7, 11) is 3.12. The monoisotopic (exact) mass is 477 g/mol. The second kappa shape index (κ2) is 10.7. The Morgan fingerprint density at radius 2 is 2.00 bits per heavy atom. The van der Waals surface area contributed by atoms with Crippen LogP contribution in [0.5, 0.6) is 11.5 Å². The molecule has 2 aliphatic rings. The summed E-state index contributed by atoms with van der Waals surface area (Å²) in [5, 5.41) is 17.4. The normalized spacial score (nSPS) is 16.6. The van der Waals surface area contributed by atoms with E-state index in [-0.39, 0.29) is 11.1 Å². The van der Waals surface area contributed by atoms with Crippen LogP contribution in [0.1, 0.15) is 48.2 Å². The highest BCUT2D eigenvalue weighted by molar-refractivity contribution is 6.03. The van der Waals surface area contributed by atoms with E-state index in [0.29, 0.717) is 24.6 Å². The minimum Gasteiger partial charge on any atom is -0.503 e. The van der Waals surface area contributed by atoms with Crippen molar-refractivity contribution in [1.29, 1.82) is 0 Å². The molecule has 2 aromatic rings. The summed E-state index contributed by atoms with van der Waals surface area (Å²) in [6.07, 6.45) is 16.7. The van der Waals surface area contributed by atoms with Crippen LogP contribution in [0.2, 0.25) is 0 Å². The van der Waals surface area contributed by atoms with Crippen molar-refractivity contribution >= 4 is 11.6 Å². The van der Waals surface area contributed by atoms with E-state index < -0.39 is 17.1 Å². The molecule has 35 heavy (non-hydrogen) atoms. The fraction of sp³-hybridized carbons (Fsp3) is 0.370. The smallest absolute Gasteiger partial charge is 0.280 e. The Labute approximate surface area is 204 Å². The number of hydrogen-bond acceptors (Lipinski definition) is 6. The van der Waals surface area contributed by atoms with Crippen molar-refractivity contribution in [2.75, 3.05) is 19.5 Å². The Balaban J connectivity index is 1.61. The Morgan fingerprint density at radius 1 is 1.20 bits per heavy atom. The third-order valence-electron chi connectivity index (χ3n) is 6.71. The summed E-state index contributed by atoms with van der Waals surface area (Å²) in [6.45, 7) is 0.841. The lowest BCUT2D eigenvalue weighted by Crippen LogP contribution is -2.31. The van der Waals surface area contributed by atoms with Gasteiger partial charge in [-0.25, -0.2) is 0 Å². The maximum atomic E-state index is 13.0. The molecule has 1 fully saturated rings. The van der Waals surface area contributed by atoms with Gasteiger partial charge in [0.15, 0.2) is 11.4 Å². The molecular weight excluding hydrogens is 446 g/mol. The van der Waals surface area contributed by atoms with Crippen molar-refractivity contribution in [3.05, 3.63) is 81.8 Å². The number of carbonyl (C=O) groups excluding carboxylic acids is 1. The van der Waals surface area contributed by atoms with Crippen LogP contribution < -0.4 is 15.5 Å². The van der Waals surface area contributed by atoms with Gasteiger partial charge in [-0.05, 0) is 25.3 Å². The van der Waals surface area contributed by atoms with Gasteiger partial charge >= 0.3 is 0 Å². The summed E-state index contributed by atoms with van der Waals surface area (Å²) in [5.41, 5.74) is 1.28. The molecule has 184 valence electrons. The Morgan fingerprint density at radius 3 is 2.74 bits per heavy atom. The van der Waals surface area contributed by atoms with E-state index in [1.54, 1.807) is 30.0 Å². The molecule has 0 spiro atoms. The van der Waals surface area contributed by atoms with E-state index in [1.165, 1.54) is 18.9 Å². The number of anilines is 1. The average Bonchev–Trinajstić information content (AvgIpc) is 3.14. The number of amides is 1. The maximum Gasteiger partial charge on any atom is 0.280 e. The molecule has 2 N–H and O–H groups in total. The number of nitrogens with zero attached hydrogens (tertiary/aromatic N) is 2. The van der Waals surface area contributed by atoms with Crippen molar-refractivity contribution in [3.63, 3.8) is 0 Å². The second-order valence-corrected chi connectivity index (χ2v) is 9.00. The van der Waals surface area contributed by atoms with Crippen molar-refractivity contribution < 1.29 is 19.4 Å². The Hall–Kier alpha value is -3.65. The zero-order valence-electron chi connectivity index (χ0n) is 20.1. The molecule has 8 heteroatoms. The first kappa shape index (κ1) is 24.5. The fourth-order valence-corrected chi connectivity index (χ4v) is 4.95. The minimum absolute atomic E-state index is 0.133. The van der Waals surface area contributed by atoms with Crippen LogP contribution in [-0.4, -0.2) is 35.0 Å². The standard InChI is InChI=1S/C27H31N3O5/c1-34-17-19-11-12-21(15-23(19)35-2)28-26(33)24-25(32)22(31)16-30(29-24)18-27(13-7-8-14-27)20-9-5-3-4-6-10-20/h3-6,9,11-12,15-16,31H,7-8,10,13-14,17-18H2,1-2H3,(H,28,33). The first-order valence-electron chi connectivity index (χ1n) is 11.8. The zero-order valence-corrected chi connectivity index (χ0v) is 20.1. The molecule has 0 saturated heterocycles. The first-order valence-corrected chi connectivity index (χ1v) is 11.8. The van der Waals surface area contributed by atoms with Gasteiger partial charge in [0.2, 0.25) is 0 Å². The number of nitrogens with one attached hydrogen (secondary N) is 1. The number of aromatic hydroxyl groups is 1. The first-order chi connectivity index (χ1) is 17.0. The number of rotatable bonds is 8. The van der Waals surface area contributed by atoms with Gasteiger partial charge in [-0.3, -0.25) is 14.3 Å². The van der Waals surface area contributed by atoms with Crippen LogP contribution in [0.3, 0.4) is 0 Å². The zero-order chi connectivity index (χ0) is 24.8. The summed E-state index contributed by atoms with van der Waals surface area (Å²) in [6, 6.07) is 5.13. The van der Waals surface area contributed by atoms with Gasteiger partial charge in [-0.2, -0.15) is 5.10 Å². The fourth-order valence-electron chi connectivity index (χ4n) is 4.95. The molecular formula is C27H31N3O5. The van der Waals surface area contributed by atoms with Crippen molar-refractivity contribution in [3.8, 4) is 11.5 Å². The molecule has 8 nitrogen and oxygen atoms in total. The highest BCUT2D eigenvalue weighted by atomic mass is 16.5. The van der Waals surface area contributed by atoms with Gasteiger partial charge in [0.1, 0.15) is 5.75 Å². The van der Waals surface area contributed by atoms with E-state index in [4.69, 9.17) is 9.47 Å². The third-order valence-corrected chi connectivity index (χ3v) is 6.71. The van der Waals surface area contributed by atoms with Gasteiger partial charge in [0, 0.05) is 29.8 Å². The third kappa shape index (κ3) is 5.38. The highest BCUT2D eigenvalue weighted by Crippen LogP contribution is 2.47. The van der Waals surface area contributed by atoms with Crippen molar-refractivity contribution in [2.24, 2.45) is 5.41 Å². The molecule has 0 unspecified atom stereocenters. The van der Waals surface area contributed by atoms with Crippen LogP contribution in [0, 0.1) is 5.41 Å². The highest BCUT2D eigenvalue weighted by Gasteiger charge is 2.37. The topological polar surface area (TPSA) is 103 Å². The number of methoxy groups -OCH3 is 2. The van der Waals surface area contributed by atoms with Crippen LogP contribution in [-0.2, 0) is 17.9 Å². The van der Waals surface area contributed by atoms with Crippen molar-refractivity contribution in [2.45, 2.75) is 45.3 Å². The Kier molecular flexibility index (Phi) is 7.51. The summed E-state index contributed by atoms with van der Waals surface area (Å²) in [5.74, 6) is -0.643. The van der Waals surface area contributed by atoms with Gasteiger partial charge < -0.3 is 19.9 Å². The Bertz CT molecular complexity index is 1240. The van der Waals surface area contributed by atoms with E-state index in [9.17, 15) is 14.7 Å². The molecule has 0 atom stereocenters. The predicted molar refractivity (Wildman–Crippen MR) is 134 cm³/mol. The van der Waals surface area contributed by atoms with E-state index in [2.05, 4.69) is 22.6 Å². The quantitative estimate of drug-likeness (QED) is 0.586. The molecule has 0 bridgehead atoms. The molecule has 0 radical (unpaired) electrons. The number of carbonyl (C=O) groups is 1. The molecule has 1 aromatic carbocycles. The molecule has 4 rings (SSSR count). The molecule has 1 amide bonds. The number of hydrogen-bond donors (Lipinski definition) is 2. The second-order valence-electron chi connectivity index (χ2n) is 9.00. The minimum atomic E-state index is -0.804. The largest absolute Gasteiger partial charge is 0.503 e. The van der Waals surface area contributed by atoms with Crippen LogP contribution in [0.25, 0.3) is 0 Å². The van der Waals surface area contributed by atoms with Gasteiger partial charge in [-0.15, -0.1) is 0 Å². The van der Waals surface area contributed by atoms with E-state index >= 15 is 0 Å². The number of aromatic nitrogens is 2. The lowest BCUT2D eigenvalue weighted by molar-refractivity contribution is 0.101. The average molecular weight is 478 g/mol. The van der Waals surface area contributed by atoms with Gasteiger partial charge in [0.25, 0.3) is 11.3 Å². The number of ether oxygens (including phenoxy) is 2. The van der Waals surface area contributed by atoms with Crippen molar-refractivity contribution in [1.82, 2.24) is 9.78 Å². The van der Waals surface area contributed by atoms with Crippen LogP contribution in [0.15, 0.2) is 65.1 Å². The lowest BCUT2D eigenvalue weighted by atomic mass is 9.76. The SMILES string of the molecule is COCc1ccc(NC(=O)c2nn(CC3(C4=CC=CC=CC4)CCCC3)cc(O)c2=O)cc1OC. The molecule has 1 heterocycles. The molecule has 1 aromatic heterocycles. The molecule has 2 aliphatic carbocycles. The van der Waals surface area contributed by atoms with E-state index in [0.717, 1.165) is 37.7 Å². The van der Waals surface area contributed by atoms with Gasteiger partial charge in [0.05, 0.1) is 26.5 Å². The van der Waals surface area contributed by atoms with E-state index in [1.807, 2.05) is 18.2 Å². The summed E-state index contributed by atoms with van der Waals surface area (Å²) < 4.78 is 12.1. The number of allylic oxidation sites excluding steroid dienone is 6. The summed E-state index contributed by atoms with van der Waals surface area (Å²) >= 11 is 0. The lowest BCUT2D eigenvalue weighted by Gasteiger charge is -2.32. The molecule has 1 saturated carbocycles. The predicted octanol–water partition coefficient (Wildman–Crippen LogP) is 4.36. The maximum absolute atomic E-state index is 13.0.